The van der Waals surface area contributed by atoms with Gasteiger partial charge < -0.3 is 9.64 Å². The molecule has 0 N–H and O–H groups in total. The molecule has 0 saturated carbocycles. The summed E-state index contributed by atoms with van der Waals surface area (Å²) in [6, 6.07) is 20.5. The van der Waals surface area contributed by atoms with Crippen LogP contribution in [-0.2, 0) is 9.53 Å². The van der Waals surface area contributed by atoms with Crippen molar-refractivity contribution >= 4 is 11.7 Å². The van der Waals surface area contributed by atoms with E-state index in [1.807, 2.05) is 43.3 Å². The predicted octanol–water partition coefficient (Wildman–Crippen LogP) is 3.47. The van der Waals surface area contributed by atoms with Crippen LogP contribution in [0, 0.1) is 5.92 Å². The fraction of sp³-hybridized carbons (Fsp3) is 0.316. The summed E-state index contributed by atoms with van der Waals surface area (Å²) >= 11 is 0. The first kappa shape index (κ1) is 14.6. The van der Waals surface area contributed by atoms with Crippen molar-refractivity contribution in [1.29, 1.82) is 0 Å². The van der Waals surface area contributed by atoms with Crippen LogP contribution in [-0.4, -0.2) is 25.7 Å². The molecule has 0 bridgehead atoms. The molecule has 3 rings (SSSR count). The van der Waals surface area contributed by atoms with E-state index >= 15 is 0 Å². The van der Waals surface area contributed by atoms with Crippen LogP contribution in [0.4, 0.5) is 5.69 Å². The number of ether oxygens (including phenoxy) is 1. The molecule has 2 aromatic carbocycles. The second-order valence-electron chi connectivity index (χ2n) is 5.62. The maximum absolute atomic E-state index is 12.4. The molecule has 1 saturated heterocycles. The third-order valence-corrected chi connectivity index (χ3v) is 4.26. The highest BCUT2D eigenvalue weighted by Crippen LogP contribution is 2.35. The number of benzene rings is 2. The quantitative estimate of drug-likeness (QED) is 0.809. The highest BCUT2D eigenvalue weighted by atomic mass is 16.5. The van der Waals surface area contributed by atoms with Gasteiger partial charge in [-0.1, -0.05) is 48.5 Å². The summed E-state index contributed by atoms with van der Waals surface area (Å²) < 4.78 is 5.30. The maximum Gasteiger partial charge on any atom is 0.311 e. The monoisotopic (exact) mass is 295 g/mol. The van der Waals surface area contributed by atoms with Crippen molar-refractivity contribution in [3.05, 3.63) is 66.2 Å². The lowest BCUT2D eigenvalue weighted by molar-refractivity contribution is -0.147. The second-order valence-corrected chi connectivity index (χ2v) is 5.62. The van der Waals surface area contributed by atoms with E-state index in [1.54, 1.807) is 0 Å². The largest absolute Gasteiger partial charge is 0.466 e. The Bertz CT molecular complexity index is 612. The van der Waals surface area contributed by atoms with Crippen molar-refractivity contribution in [2.75, 3.05) is 24.6 Å². The molecule has 0 spiro atoms. The van der Waals surface area contributed by atoms with Gasteiger partial charge in [0, 0.05) is 24.7 Å². The van der Waals surface area contributed by atoms with Gasteiger partial charge in [0.05, 0.1) is 12.5 Å². The molecule has 0 aromatic heterocycles. The summed E-state index contributed by atoms with van der Waals surface area (Å²) in [7, 11) is 0. The van der Waals surface area contributed by atoms with E-state index in [0.717, 1.165) is 12.2 Å². The molecule has 2 unspecified atom stereocenters. The van der Waals surface area contributed by atoms with E-state index in [4.69, 9.17) is 4.74 Å². The van der Waals surface area contributed by atoms with Crippen LogP contribution in [0.15, 0.2) is 60.7 Å². The zero-order valence-corrected chi connectivity index (χ0v) is 12.8. The first-order valence-electron chi connectivity index (χ1n) is 7.81. The Morgan fingerprint density at radius 2 is 1.68 bits per heavy atom. The van der Waals surface area contributed by atoms with Crippen molar-refractivity contribution in [2.45, 2.75) is 12.8 Å². The van der Waals surface area contributed by atoms with E-state index in [-0.39, 0.29) is 17.8 Å². The Labute approximate surface area is 131 Å². The molecule has 0 aliphatic carbocycles. The molecule has 2 aromatic rings. The number of carbonyl (C=O) groups excluding carboxylic acids is 1. The Morgan fingerprint density at radius 1 is 1.05 bits per heavy atom. The standard InChI is InChI=1S/C19H21NO2/c1-2-22-19(21)18-14-20(16-11-7-4-8-12-16)13-17(18)15-9-5-3-6-10-15/h3-12,17-18H,2,13-14H2,1H3. The average Bonchev–Trinajstić information content (AvgIpc) is 3.02. The lowest BCUT2D eigenvalue weighted by atomic mass is 9.89. The summed E-state index contributed by atoms with van der Waals surface area (Å²) in [5.74, 6) is -0.0159. The molecule has 0 amide bonds. The van der Waals surface area contributed by atoms with Gasteiger partial charge in [-0.25, -0.2) is 0 Å². The van der Waals surface area contributed by atoms with Gasteiger partial charge in [-0.3, -0.25) is 4.79 Å². The summed E-state index contributed by atoms with van der Waals surface area (Å²) in [6.07, 6.45) is 0. The Morgan fingerprint density at radius 3 is 2.32 bits per heavy atom. The van der Waals surface area contributed by atoms with Crippen LogP contribution in [0.25, 0.3) is 0 Å². The molecule has 114 valence electrons. The van der Waals surface area contributed by atoms with Crippen LogP contribution >= 0.6 is 0 Å². The molecule has 1 heterocycles. The Kier molecular flexibility index (Phi) is 4.42. The molecule has 3 nitrogen and oxygen atoms in total. The number of hydrogen-bond acceptors (Lipinski definition) is 3. The van der Waals surface area contributed by atoms with Crippen LogP contribution in [0.1, 0.15) is 18.4 Å². The van der Waals surface area contributed by atoms with Crippen molar-refractivity contribution in [3.63, 3.8) is 0 Å². The van der Waals surface area contributed by atoms with Crippen LogP contribution in [0.3, 0.4) is 0 Å². The van der Waals surface area contributed by atoms with E-state index in [2.05, 4.69) is 29.2 Å². The highest BCUT2D eigenvalue weighted by Gasteiger charge is 2.39. The van der Waals surface area contributed by atoms with Gasteiger partial charge in [-0.05, 0) is 24.6 Å². The Balaban J connectivity index is 1.87. The van der Waals surface area contributed by atoms with Crippen molar-refractivity contribution in [3.8, 4) is 0 Å². The number of hydrogen-bond donors (Lipinski definition) is 0. The summed E-state index contributed by atoms with van der Waals surface area (Å²) in [5.41, 5.74) is 2.37. The minimum absolute atomic E-state index is 0.0882. The van der Waals surface area contributed by atoms with Gasteiger partial charge in [0.25, 0.3) is 0 Å². The van der Waals surface area contributed by atoms with Crippen molar-refractivity contribution in [2.24, 2.45) is 5.92 Å². The molecular weight excluding hydrogens is 274 g/mol. The fourth-order valence-corrected chi connectivity index (χ4v) is 3.18. The third-order valence-electron chi connectivity index (χ3n) is 4.26. The number of carbonyl (C=O) groups is 1. The van der Waals surface area contributed by atoms with E-state index in [0.29, 0.717) is 13.2 Å². The molecule has 1 aliphatic heterocycles. The van der Waals surface area contributed by atoms with Crippen LogP contribution < -0.4 is 4.90 Å². The molecule has 1 aliphatic rings. The third kappa shape index (κ3) is 2.98. The van der Waals surface area contributed by atoms with Crippen molar-refractivity contribution < 1.29 is 9.53 Å². The molecule has 1 fully saturated rings. The summed E-state index contributed by atoms with van der Waals surface area (Å²) in [4.78, 5) is 14.6. The first-order chi connectivity index (χ1) is 10.8. The normalized spacial score (nSPS) is 20.9. The Hall–Kier alpha value is -2.29. The number of esters is 1. The molecule has 22 heavy (non-hydrogen) atoms. The zero-order chi connectivity index (χ0) is 15.4. The smallest absolute Gasteiger partial charge is 0.311 e. The number of rotatable bonds is 4. The summed E-state index contributed by atoms with van der Waals surface area (Å²) in [6.45, 7) is 3.85. The predicted molar refractivity (Wildman–Crippen MR) is 88.0 cm³/mol. The van der Waals surface area contributed by atoms with Gasteiger partial charge in [-0.2, -0.15) is 0 Å². The number of nitrogens with zero attached hydrogens (tertiary/aromatic N) is 1. The van der Waals surface area contributed by atoms with Gasteiger partial charge >= 0.3 is 5.97 Å². The van der Waals surface area contributed by atoms with E-state index in [1.165, 1.54) is 5.56 Å². The molecule has 0 radical (unpaired) electrons. The topological polar surface area (TPSA) is 29.5 Å². The van der Waals surface area contributed by atoms with Crippen molar-refractivity contribution in [1.82, 2.24) is 0 Å². The lowest BCUT2D eigenvalue weighted by Gasteiger charge is -2.18. The first-order valence-corrected chi connectivity index (χ1v) is 7.81. The van der Waals surface area contributed by atoms with Gasteiger partial charge in [0.15, 0.2) is 0 Å². The summed E-state index contributed by atoms with van der Waals surface area (Å²) in [5, 5.41) is 0. The van der Waals surface area contributed by atoms with Gasteiger partial charge in [0.1, 0.15) is 0 Å². The SMILES string of the molecule is CCOC(=O)C1CN(c2ccccc2)CC1c1ccccc1. The molecule has 3 heteroatoms. The van der Waals surface area contributed by atoms with Gasteiger partial charge in [0.2, 0.25) is 0 Å². The van der Waals surface area contributed by atoms with E-state index in [9.17, 15) is 4.79 Å². The fourth-order valence-electron chi connectivity index (χ4n) is 3.18. The highest BCUT2D eigenvalue weighted by molar-refractivity contribution is 5.76. The van der Waals surface area contributed by atoms with Gasteiger partial charge in [-0.15, -0.1) is 0 Å². The average molecular weight is 295 g/mol. The minimum atomic E-state index is -0.109. The lowest BCUT2D eigenvalue weighted by Crippen LogP contribution is -2.25. The van der Waals surface area contributed by atoms with Crippen LogP contribution in [0.2, 0.25) is 0 Å². The molecule has 2 atom stereocenters. The van der Waals surface area contributed by atoms with E-state index < -0.39 is 0 Å². The maximum atomic E-state index is 12.4. The second kappa shape index (κ2) is 6.65. The number of anilines is 1. The minimum Gasteiger partial charge on any atom is -0.466 e. The molecular formula is C19H21NO2. The number of para-hydroxylation sites is 1. The zero-order valence-electron chi connectivity index (χ0n) is 12.8. The van der Waals surface area contributed by atoms with Crippen LogP contribution in [0.5, 0.6) is 0 Å².